The zero-order chi connectivity index (χ0) is 7.72. The molecular formula is C4H4N2O2. The topological polar surface area (TPSA) is 65.7 Å². The maximum atomic E-state index is 10.5. The van der Waals surface area contributed by atoms with E-state index in [0.717, 1.165) is 0 Å². The van der Waals surface area contributed by atoms with Crippen molar-refractivity contribution in [2.45, 2.75) is 0 Å². The molecule has 1 aromatic rings. The molecule has 1 heterocycles. The smallest absolute Gasteiger partial charge is 0.262 e. The molecule has 42 valence electrons. The van der Waals surface area contributed by atoms with Gasteiger partial charge in [-0.15, -0.1) is 0 Å². The molecule has 0 fully saturated rings. The Hall–Kier alpha value is -1.32. The van der Waals surface area contributed by atoms with Crippen LogP contribution >= 0.6 is 0 Å². The largest absolute Gasteiger partial charge is 0.268 e. The molecule has 0 saturated carbocycles. The van der Waals surface area contributed by atoms with Gasteiger partial charge in [-0.25, -0.2) is 0 Å². The molecule has 0 aliphatic rings. The van der Waals surface area contributed by atoms with Gasteiger partial charge >= 0.3 is 0 Å². The molecule has 1 aromatic heterocycles. The van der Waals surface area contributed by atoms with Crippen molar-refractivity contribution in [2.75, 3.05) is 0 Å². The Bertz CT molecular complexity index is 318. The van der Waals surface area contributed by atoms with Crippen LogP contribution in [0, 0.1) is 0 Å². The van der Waals surface area contributed by atoms with Gasteiger partial charge in [-0.05, 0) is 0 Å². The maximum absolute atomic E-state index is 10.5. The summed E-state index contributed by atoms with van der Waals surface area (Å²) < 4.78 is 13.7. The first-order valence-electron chi connectivity index (χ1n) is 2.91. The van der Waals surface area contributed by atoms with Crippen LogP contribution in [-0.4, -0.2) is 10.2 Å². The van der Waals surface area contributed by atoms with Crippen LogP contribution in [0.2, 0.25) is 0 Å². The van der Waals surface area contributed by atoms with E-state index in [9.17, 15) is 9.59 Å². The molecule has 0 unspecified atom stereocenters. The molecule has 0 aliphatic carbocycles. The number of aromatic nitrogens is 2. The van der Waals surface area contributed by atoms with Gasteiger partial charge in [-0.1, -0.05) is 0 Å². The first-order valence-corrected chi connectivity index (χ1v) is 1.91. The highest BCUT2D eigenvalue weighted by molar-refractivity contribution is 4.82. The molecule has 4 heteroatoms. The lowest BCUT2D eigenvalue weighted by Gasteiger charge is -1.76. The SMILES string of the molecule is [2H]c1c([2H])c(=O)[nH][nH]c1=O. The summed E-state index contributed by atoms with van der Waals surface area (Å²) in [6, 6.07) is -1.22. The summed E-state index contributed by atoms with van der Waals surface area (Å²) >= 11 is 0. The molecule has 2 N–H and O–H groups in total. The standard InChI is InChI=1S/C4H4N2O2/c7-3-1-2-4(8)6-5-3/h1-2H,(H,5,7)(H,6,8)/i1D,2D. The van der Waals surface area contributed by atoms with Gasteiger partial charge in [-0.2, -0.15) is 0 Å². The fourth-order valence-corrected chi connectivity index (χ4v) is 0.290. The van der Waals surface area contributed by atoms with E-state index in [0.29, 0.717) is 0 Å². The second-order valence-electron chi connectivity index (χ2n) is 1.16. The van der Waals surface area contributed by atoms with Gasteiger partial charge in [0.25, 0.3) is 11.1 Å². The Balaban J connectivity index is 3.65. The van der Waals surface area contributed by atoms with Gasteiger partial charge in [0.05, 0.1) is 2.74 Å². The minimum Gasteiger partial charge on any atom is -0.268 e. The van der Waals surface area contributed by atoms with Crippen LogP contribution in [0.15, 0.2) is 21.7 Å². The van der Waals surface area contributed by atoms with Crippen LogP contribution in [0.5, 0.6) is 0 Å². The summed E-state index contributed by atoms with van der Waals surface area (Å²) in [6.45, 7) is 0. The minimum atomic E-state index is -0.760. The number of hydrogen-bond donors (Lipinski definition) is 2. The third kappa shape index (κ3) is 0.841. The van der Waals surface area contributed by atoms with Crippen LogP contribution in [0.3, 0.4) is 0 Å². The highest BCUT2D eigenvalue weighted by atomic mass is 16.1. The van der Waals surface area contributed by atoms with E-state index in [1.165, 1.54) is 0 Å². The number of H-pyrrole nitrogens is 2. The van der Waals surface area contributed by atoms with Gasteiger partial charge in [0.1, 0.15) is 0 Å². The van der Waals surface area contributed by atoms with Gasteiger partial charge in [0.2, 0.25) is 0 Å². The summed E-state index contributed by atoms with van der Waals surface area (Å²) in [6.07, 6.45) is 0. The van der Waals surface area contributed by atoms with Crippen molar-refractivity contribution < 1.29 is 2.74 Å². The van der Waals surface area contributed by atoms with E-state index >= 15 is 0 Å². The third-order valence-corrected chi connectivity index (χ3v) is 0.579. The molecule has 0 saturated heterocycles. The molecule has 0 atom stereocenters. The predicted octanol–water partition coefficient (Wildman–Crippen LogP) is -0.937. The zero-order valence-electron chi connectivity index (χ0n) is 5.82. The summed E-state index contributed by atoms with van der Waals surface area (Å²) in [5, 5.41) is 3.82. The molecule has 1 rings (SSSR count). The Morgan fingerprint density at radius 3 is 2.00 bits per heavy atom. The lowest BCUT2D eigenvalue weighted by atomic mass is 10.6. The maximum Gasteiger partial charge on any atom is 0.262 e. The second-order valence-corrected chi connectivity index (χ2v) is 1.16. The minimum absolute atomic E-state index is 0.608. The first kappa shape index (κ1) is 2.86. The summed E-state index contributed by atoms with van der Waals surface area (Å²) in [4.78, 5) is 20.9. The second kappa shape index (κ2) is 1.65. The van der Waals surface area contributed by atoms with E-state index in [4.69, 9.17) is 2.74 Å². The Labute approximate surface area is 47.0 Å². The number of nitrogens with one attached hydrogen (secondary N) is 2. The molecule has 0 bridgehead atoms. The molecule has 0 spiro atoms. The van der Waals surface area contributed by atoms with Crippen LogP contribution < -0.4 is 11.1 Å². The van der Waals surface area contributed by atoms with Crippen molar-refractivity contribution in [1.29, 1.82) is 0 Å². The van der Waals surface area contributed by atoms with Crippen LogP contribution in [0.4, 0.5) is 0 Å². The van der Waals surface area contributed by atoms with Crippen LogP contribution in [0.25, 0.3) is 0 Å². The molecular weight excluding hydrogens is 108 g/mol. The Morgan fingerprint density at radius 2 is 1.62 bits per heavy atom. The van der Waals surface area contributed by atoms with Crippen molar-refractivity contribution >= 4 is 0 Å². The van der Waals surface area contributed by atoms with Crippen molar-refractivity contribution in [1.82, 2.24) is 10.2 Å². The summed E-state index contributed by atoms with van der Waals surface area (Å²) in [7, 11) is 0. The van der Waals surface area contributed by atoms with Crippen LogP contribution in [-0.2, 0) is 0 Å². The van der Waals surface area contributed by atoms with Gasteiger partial charge in [-0.3, -0.25) is 19.8 Å². The first-order chi connectivity index (χ1) is 4.63. The van der Waals surface area contributed by atoms with Gasteiger partial charge in [0, 0.05) is 12.1 Å². The number of hydrogen-bond acceptors (Lipinski definition) is 2. The van der Waals surface area contributed by atoms with Crippen molar-refractivity contribution in [2.24, 2.45) is 0 Å². The molecule has 0 amide bonds. The van der Waals surface area contributed by atoms with Crippen molar-refractivity contribution in [3.63, 3.8) is 0 Å². The highest BCUT2D eigenvalue weighted by Gasteiger charge is 1.77. The summed E-state index contributed by atoms with van der Waals surface area (Å²) in [5.41, 5.74) is -1.52. The normalized spacial score (nSPS) is 12.5. The Kier molecular flexibility index (Phi) is 0.590. The third-order valence-electron chi connectivity index (χ3n) is 0.579. The average Bonchev–Trinajstić information content (AvgIpc) is 1.93. The van der Waals surface area contributed by atoms with E-state index in [2.05, 4.69) is 0 Å². The van der Waals surface area contributed by atoms with Gasteiger partial charge < -0.3 is 0 Å². The predicted molar refractivity (Wildman–Crippen MR) is 27.7 cm³/mol. The lowest BCUT2D eigenvalue weighted by molar-refractivity contribution is 0.952. The molecule has 0 radical (unpaired) electrons. The summed E-state index contributed by atoms with van der Waals surface area (Å²) in [5.74, 6) is 0. The van der Waals surface area contributed by atoms with E-state index in [-0.39, 0.29) is 0 Å². The number of rotatable bonds is 0. The van der Waals surface area contributed by atoms with Gasteiger partial charge in [0.15, 0.2) is 0 Å². The van der Waals surface area contributed by atoms with E-state index in [1.807, 2.05) is 10.2 Å². The molecule has 8 heavy (non-hydrogen) atoms. The number of aromatic amines is 2. The zero-order valence-corrected chi connectivity index (χ0v) is 3.82. The Morgan fingerprint density at radius 1 is 1.25 bits per heavy atom. The van der Waals surface area contributed by atoms with E-state index in [1.54, 1.807) is 0 Å². The van der Waals surface area contributed by atoms with Crippen molar-refractivity contribution in [3.8, 4) is 0 Å². The van der Waals surface area contributed by atoms with Crippen LogP contribution in [0.1, 0.15) is 2.74 Å². The molecule has 0 aromatic carbocycles. The fraction of sp³-hybridized carbons (Fsp3) is 0. The van der Waals surface area contributed by atoms with Crippen molar-refractivity contribution in [3.05, 3.63) is 32.8 Å². The van der Waals surface area contributed by atoms with E-state index < -0.39 is 23.2 Å². The average molecular weight is 114 g/mol. The monoisotopic (exact) mass is 114 g/mol. The lowest BCUT2D eigenvalue weighted by Crippen LogP contribution is -2.14. The highest BCUT2D eigenvalue weighted by Crippen LogP contribution is 1.50. The molecule has 0 aliphatic heterocycles. The fourth-order valence-electron chi connectivity index (χ4n) is 0.290. The molecule has 4 nitrogen and oxygen atoms in total. The quantitative estimate of drug-likeness (QED) is 0.457.